The number of carbonyl (C=O) groups is 2. The molecule has 0 atom stereocenters. The lowest BCUT2D eigenvalue weighted by Crippen LogP contribution is -2.16. The second-order valence-electron chi connectivity index (χ2n) is 6.48. The van der Waals surface area contributed by atoms with E-state index in [0.29, 0.717) is 37.3 Å². The highest BCUT2D eigenvalue weighted by Gasteiger charge is 2.07. The van der Waals surface area contributed by atoms with Gasteiger partial charge in [-0.2, -0.15) is 0 Å². The van der Waals surface area contributed by atoms with Crippen LogP contribution in [0.25, 0.3) is 0 Å². The number of amides is 2. The predicted octanol–water partition coefficient (Wildman–Crippen LogP) is 4.22. The number of rotatable bonds is 8. The van der Waals surface area contributed by atoms with Crippen LogP contribution in [0.15, 0.2) is 78.9 Å². The normalized spacial score (nSPS) is 10.3. The number of benzene rings is 2. The van der Waals surface area contributed by atoms with Crippen LogP contribution in [0.1, 0.15) is 24.0 Å². The van der Waals surface area contributed by atoms with Crippen molar-refractivity contribution in [1.29, 1.82) is 0 Å². The Morgan fingerprint density at radius 3 is 1.46 bits per heavy atom. The summed E-state index contributed by atoms with van der Waals surface area (Å²) in [4.78, 5) is 28.6. The smallest absolute Gasteiger partial charge is 0.225 e. The first kappa shape index (κ1) is 19.3. The largest absolute Gasteiger partial charge is 0.311 e. The second kappa shape index (κ2) is 10.0. The number of aryl methyl sites for hydroxylation is 2. The molecule has 0 bridgehead atoms. The van der Waals surface area contributed by atoms with E-state index in [1.165, 1.54) is 0 Å². The Hall–Kier alpha value is -3.47. The minimum absolute atomic E-state index is 0.107. The number of hydrogen-bond acceptors (Lipinski definition) is 3. The number of carbonyl (C=O) groups excluding carboxylic acids is 2. The molecule has 2 N–H and O–H groups in total. The fourth-order valence-electron chi connectivity index (χ4n) is 2.79. The van der Waals surface area contributed by atoms with Crippen LogP contribution < -0.4 is 10.6 Å². The lowest BCUT2D eigenvalue weighted by Gasteiger charge is -2.08. The van der Waals surface area contributed by atoms with Gasteiger partial charge in [-0.25, -0.2) is 4.98 Å². The zero-order valence-electron chi connectivity index (χ0n) is 15.6. The van der Waals surface area contributed by atoms with Crippen LogP contribution in [0.5, 0.6) is 0 Å². The molecule has 2 aromatic carbocycles. The number of anilines is 2. The summed E-state index contributed by atoms with van der Waals surface area (Å²) in [5.41, 5.74) is 2.23. The van der Waals surface area contributed by atoms with Crippen molar-refractivity contribution in [1.82, 2.24) is 4.98 Å². The molecule has 0 aliphatic rings. The average molecular weight is 373 g/mol. The fourth-order valence-corrected chi connectivity index (χ4v) is 2.79. The quantitative estimate of drug-likeness (QED) is 0.621. The van der Waals surface area contributed by atoms with Gasteiger partial charge in [0, 0.05) is 12.8 Å². The molecule has 0 saturated heterocycles. The zero-order valence-corrected chi connectivity index (χ0v) is 15.6. The summed E-state index contributed by atoms with van der Waals surface area (Å²) in [7, 11) is 0. The van der Waals surface area contributed by atoms with Gasteiger partial charge in [0.1, 0.15) is 11.6 Å². The number of hydrogen-bond donors (Lipinski definition) is 2. The van der Waals surface area contributed by atoms with Gasteiger partial charge in [-0.15, -0.1) is 0 Å². The molecule has 0 radical (unpaired) electrons. The Morgan fingerprint density at radius 1 is 0.607 bits per heavy atom. The van der Waals surface area contributed by atoms with Gasteiger partial charge in [0.05, 0.1) is 0 Å². The van der Waals surface area contributed by atoms with E-state index >= 15 is 0 Å². The standard InChI is InChI=1S/C23H23N3O2/c27-22(16-14-18-8-3-1-4-9-18)25-20-12-7-13-21(24-20)26-23(28)17-15-19-10-5-2-6-11-19/h1-13H,14-17H2,(H2,24,25,26,27,28). The molecule has 28 heavy (non-hydrogen) atoms. The van der Waals surface area contributed by atoms with E-state index in [1.54, 1.807) is 18.2 Å². The molecule has 0 unspecified atom stereocenters. The van der Waals surface area contributed by atoms with E-state index in [2.05, 4.69) is 15.6 Å². The van der Waals surface area contributed by atoms with Gasteiger partial charge in [0.2, 0.25) is 11.8 Å². The van der Waals surface area contributed by atoms with Gasteiger partial charge < -0.3 is 10.6 Å². The molecule has 5 nitrogen and oxygen atoms in total. The SMILES string of the molecule is O=C(CCc1ccccc1)Nc1cccc(NC(=O)CCc2ccccc2)n1. The first-order valence-corrected chi connectivity index (χ1v) is 9.34. The Labute approximate surface area is 164 Å². The van der Waals surface area contributed by atoms with E-state index in [1.807, 2.05) is 60.7 Å². The molecule has 3 aromatic rings. The van der Waals surface area contributed by atoms with Crippen LogP contribution in [-0.2, 0) is 22.4 Å². The Bertz CT molecular complexity index is 839. The highest BCUT2D eigenvalue weighted by molar-refractivity contribution is 5.92. The number of nitrogens with zero attached hydrogens (tertiary/aromatic N) is 1. The van der Waals surface area contributed by atoms with Crippen molar-refractivity contribution < 1.29 is 9.59 Å². The van der Waals surface area contributed by atoms with Crippen LogP contribution in [0, 0.1) is 0 Å². The zero-order chi connectivity index (χ0) is 19.6. The first-order valence-electron chi connectivity index (χ1n) is 9.34. The van der Waals surface area contributed by atoms with E-state index in [9.17, 15) is 9.59 Å². The number of pyridine rings is 1. The molecule has 0 aliphatic carbocycles. The maximum Gasteiger partial charge on any atom is 0.225 e. The third-order valence-electron chi connectivity index (χ3n) is 4.25. The number of nitrogens with one attached hydrogen (secondary N) is 2. The van der Waals surface area contributed by atoms with Gasteiger partial charge >= 0.3 is 0 Å². The van der Waals surface area contributed by atoms with E-state index < -0.39 is 0 Å². The third-order valence-corrected chi connectivity index (χ3v) is 4.25. The van der Waals surface area contributed by atoms with Crippen molar-refractivity contribution >= 4 is 23.5 Å². The minimum Gasteiger partial charge on any atom is -0.311 e. The minimum atomic E-state index is -0.107. The Morgan fingerprint density at radius 2 is 1.04 bits per heavy atom. The summed E-state index contributed by atoms with van der Waals surface area (Å²) in [5, 5.41) is 5.56. The van der Waals surface area contributed by atoms with Gasteiger partial charge in [-0.05, 0) is 36.1 Å². The summed E-state index contributed by atoms with van der Waals surface area (Å²) in [6, 6.07) is 24.9. The van der Waals surface area contributed by atoms with E-state index in [0.717, 1.165) is 11.1 Å². The van der Waals surface area contributed by atoms with Gasteiger partial charge in [0.25, 0.3) is 0 Å². The topological polar surface area (TPSA) is 71.1 Å². The molecule has 3 rings (SSSR count). The van der Waals surface area contributed by atoms with Crippen LogP contribution in [0.3, 0.4) is 0 Å². The van der Waals surface area contributed by atoms with Crippen molar-refractivity contribution in [2.45, 2.75) is 25.7 Å². The lowest BCUT2D eigenvalue weighted by atomic mass is 10.1. The first-order chi connectivity index (χ1) is 13.7. The van der Waals surface area contributed by atoms with Crippen LogP contribution in [0.4, 0.5) is 11.6 Å². The van der Waals surface area contributed by atoms with Gasteiger partial charge in [-0.1, -0.05) is 66.7 Å². The molecular weight excluding hydrogens is 350 g/mol. The summed E-state index contributed by atoms with van der Waals surface area (Å²) in [5.74, 6) is 0.644. The van der Waals surface area contributed by atoms with Crippen molar-refractivity contribution in [2.75, 3.05) is 10.6 Å². The van der Waals surface area contributed by atoms with Crippen molar-refractivity contribution in [2.24, 2.45) is 0 Å². The molecular formula is C23H23N3O2. The predicted molar refractivity (Wildman–Crippen MR) is 111 cm³/mol. The molecule has 0 fully saturated rings. The molecule has 5 heteroatoms. The molecule has 0 saturated carbocycles. The highest BCUT2D eigenvalue weighted by atomic mass is 16.2. The Balaban J connectivity index is 1.47. The third kappa shape index (κ3) is 6.36. The van der Waals surface area contributed by atoms with E-state index in [4.69, 9.17) is 0 Å². The summed E-state index contributed by atoms with van der Waals surface area (Å²) < 4.78 is 0. The van der Waals surface area contributed by atoms with Crippen molar-refractivity contribution in [3.8, 4) is 0 Å². The number of aromatic nitrogens is 1. The molecule has 142 valence electrons. The Kier molecular flexibility index (Phi) is 6.90. The average Bonchev–Trinajstić information content (AvgIpc) is 2.72. The molecule has 0 aliphatic heterocycles. The van der Waals surface area contributed by atoms with Crippen LogP contribution in [0.2, 0.25) is 0 Å². The second-order valence-corrected chi connectivity index (χ2v) is 6.48. The van der Waals surface area contributed by atoms with Crippen molar-refractivity contribution in [3.63, 3.8) is 0 Å². The molecule has 1 heterocycles. The van der Waals surface area contributed by atoms with Gasteiger partial charge in [0.15, 0.2) is 0 Å². The summed E-state index contributed by atoms with van der Waals surface area (Å²) in [6.07, 6.45) is 2.09. The van der Waals surface area contributed by atoms with Crippen LogP contribution in [-0.4, -0.2) is 16.8 Å². The monoisotopic (exact) mass is 373 g/mol. The highest BCUT2D eigenvalue weighted by Crippen LogP contribution is 2.11. The summed E-state index contributed by atoms with van der Waals surface area (Å²) in [6.45, 7) is 0. The maximum absolute atomic E-state index is 12.1. The maximum atomic E-state index is 12.1. The molecule has 2 amide bonds. The summed E-state index contributed by atoms with van der Waals surface area (Å²) >= 11 is 0. The van der Waals surface area contributed by atoms with Crippen molar-refractivity contribution in [3.05, 3.63) is 90.0 Å². The fraction of sp³-hybridized carbons (Fsp3) is 0.174. The lowest BCUT2D eigenvalue weighted by molar-refractivity contribution is -0.116. The van der Waals surface area contributed by atoms with Gasteiger partial charge in [-0.3, -0.25) is 9.59 Å². The van der Waals surface area contributed by atoms with E-state index in [-0.39, 0.29) is 11.8 Å². The van der Waals surface area contributed by atoms with Crippen LogP contribution >= 0.6 is 0 Å². The molecule has 1 aromatic heterocycles. The molecule has 0 spiro atoms.